The summed E-state index contributed by atoms with van der Waals surface area (Å²) in [6.45, 7) is 8.22. The Hall–Kier alpha value is -3.27. The van der Waals surface area contributed by atoms with Gasteiger partial charge in [-0.25, -0.2) is 0 Å². The number of rotatable bonds is 4. The quantitative estimate of drug-likeness (QED) is 0.523. The van der Waals surface area contributed by atoms with Crippen molar-refractivity contribution < 1.29 is 13.2 Å². The average molecular weight is 412 g/mol. The molecule has 4 nitrogen and oxygen atoms in total. The van der Waals surface area contributed by atoms with Gasteiger partial charge in [-0.15, -0.1) is 0 Å². The van der Waals surface area contributed by atoms with E-state index in [0.717, 1.165) is 39.8 Å². The van der Waals surface area contributed by atoms with E-state index in [1.165, 1.54) is 6.07 Å². The minimum Gasteiger partial charge on any atom is -0.342 e. The molecule has 3 rings (SSSR count). The fraction of sp³-hybridized carbons (Fsp3) is 0.304. The number of aryl methyl sites for hydroxylation is 3. The van der Waals surface area contributed by atoms with Crippen LogP contribution in [0.4, 0.5) is 24.5 Å². The van der Waals surface area contributed by atoms with Crippen molar-refractivity contribution in [2.75, 3.05) is 11.4 Å². The molecule has 0 saturated carbocycles. The SMILES string of the molecule is CCN(c1ccc(C#N)c(C(F)(F)F)c1)c1cc(-c2c(C)nn(C)c2C)ccc1C. The summed E-state index contributed by atoms with van der Waals surface area (Å²) in [6.07, 6.45) is -4.60. The Labute approximate surface area is 174 Å². The first-order chi connectivity index (χ1) is 14.1. The number of halogens is 3. The summed E-state index contributed by atoms with van der Waals surface area (Å²) in [6, 6.07) is 11.4. The van der Waals surface area contributed by atoms with Gasteiger partial charge in [0.05, 0.1) is 22.9 Å². The van der Waals surface area contributed by atoms with Crippen molar-refractivity contribution >= 4 is 11.4 Å². The second kappa shape index (κ2) is 7.86. The first kappa shape index (κ1) is 21.4. The topological polar surface area (TPSA) is 44.9 Å². The predicted octanol–water partition coefficient (Wildman–Crippen LogP) is 6.06. The molecule has 0 radical (unpaired) electrons. The lowest BCUT2D eigenvalue weighted by Crippen LogP contribution is -2.19. The fourth-order valence-electron chi connectivity index (χ4n) is 3.77. The van der Waals surface area contributed by atoms with Crippen molar-refractivity contribution in [2.24, 2.45) is 7.05 Å². The summed E-state index contributed by atoms with van der Waals surface area (Å²) in [7, 11) is 1.88. The minimum atomic E-state index is -4.60. The summed E-state index contributed by atoms with van der Waals surface area (Å²) in [5.41, 5.74) is 4.74. The third-order valence-corrected chi connectivity index (χ3v) is 5.35. The van der Waals surface area contributed by atoms with Crippen LogP contribution in [0.3, 0.4) is 0 Å². The lowest BCUT2D eigenvalue weighted by Gasteiger charge is -2.27. The van der Waals surface area contributed by atoms with Gasteiger partial charge in [-0.2, -0.15) is 23.5 Å². The first-order valence-electron chi connectivity index (χ1n) is 9.58. The van der Waals surface area contributed by atoms with Crippen LogP contribution in [0, 0.1) is 32.1 Å². The van der Waals surface area contributed by atoms with Crippen LogP contribution in [0.2, 0.25) is 0 Å². The Kier molecular flexibility index (Phi) is 5.62. The van der Waals surface area contributed by atoms with Gasteiger partial charge in [-0.05, 0) is 63.1 Å². The van der Waals surface area contributed by atoms with Crippen LogP contribution in [0.15, 0.2) is 36.4 Å². The zero-order valence-corrected chi connectivity index (χ0v) is 17.6. The molecule has 0 aliphatic heterocycles. The van der Waals surface area contributed by atoms with E-state index in [-0.39, 0.29) is 5.56 Å². The van der Waals surface area contributed by atoms with Gasteiger partial charge >= 0.3 is 6.18 Å². The van der Waals surface area contributed by atoms with Gasteiger partial charge in [-0.1, -0.05) is 12.1 Å². The molecule has 2 aromatic carbocycles. The Balaban J connectivity index is 2.16. The molecule has 3 aromatic rings. The standard InChI is InChI=1S/C23H23F3N4/c1-6-30(19-10-9-18(13-27)20(12-19)23(24,25)26)21-11-17(8-7-14(21)2)22-15(3)28-29(5)16(22)4/h7-12H,6H2,1-5H3. The maximum atomic E-state index is 13.5. The number of aromatic nitrogens is 2. The second-order valence-corrected chi connectivity index (χ2v) is 7.25. The first-order valence-corrected chi connectivity index (χ1v) is 9.58. The van der Waals surface area contributed by atoms with Gasteiger partial charge in [0.1, 0.15) is 0 Å². The fourth-order valence-corrected chi connectivity index (χ4v) is 3.77. The lowest BCUT2D eigenvalue weighted by atomic mass is 10.00. The van der Waals surface area contributed by atoms with E-state index in [1.807, 2.05) is 62.5 Å². The molecular weight excluding hydrogens is 389 g/mol. The smallest absolute Gasteiger partial charge is 0.342 e. The van der Waals surface area contributed by atoms with Gasteiger partial charge in [0, 0.05) is 36.2 Å². The van der Waals surface area contributed by atoms with Crippen LogP contribution >= 0.6 is 0 Å². The van der Waals surface area contributed by atoms with Crippen molar-refractivity contribution in [2.45, 2.75) is 33.9 Å². The molecule has 0 bridgehead atoms. The van der Waals surface area contributed by atoms with E-state index < -0.39 is 11.7 Å². The van der Waals surface area contributed by atoms with Gasteiger partial charge in [0.25, 0.3) is 0 Å². The molecule has 30 heavy (non-hydrogen) atoms. The zero-order chi connectivity index (χ0) is 22.2. The number of alkyl halides is 3. The molecule has 0 N–H and O–H groups in total. The number of hydrogen-bond acceptors (Lipinski definition) is 3. The van der Waals surface area contributed by atoms with Crippen molar-refractivity contribution in [1.82, 2.24) is 9.78 Å². The minimum absolute atomic E-state index is 0.380. The highest BCUT2D eigenvalue weighted by Gasteiger charge is 2.34. The maximum Gasteiger partial charge on any atom is 0.417 e. The molecule has 0 saturated heterocycles. The van der Waals surface area contributed by atoms with Crippen LogP contribution in [0.5, 0.6) is 0 Å². The van der Waals surface area contributed by atoms with Crippen LogP contribution in [0.25, 0.3) is 11.1 Å². The highest BCUT2D eigenvalue weighted by molar-refractivity contribution is 5.77. The third kappa shape index (κ3) is 3.78. The molecule has 0 atom stereocenters. The Morgan fingerprint density at radius 2 is 1.80 bits per heavy atom. The Morgan fingerprint density at radius 1 is 1.10 bits per heavy atom. The number of nitrogens with zero attached hydrogens (tertiary/aromatic N) is 4. The summed E-state index contributed by atoms with van der Waals surface area (Å²) >= 11 is 0. The van der Waals surface area contributed by atoms with Gasteiger partial charge in [0.15, 0.2) is 0 Å². The van der Waals surface area contributed by atoms with E-state index in [2.05, 4.69) is 5.10 Å². The van der Waals surface area contributed by atoms with Crippen LogP contribution in [0.1, 0.15) is 35.0 Å². The van der Waals surface area contributed by atoms with Gasteiger partial charge in [0.2, 0.25) is 0 Å². The number of anilines is 2. The average Bonchev–Trinajstić information content (AvgIpc) is 2.95. The van der Waals surface area contributed by atoms with E-state index in [9.17, 15) is 13.2 Å². The number of benzene rings is 2. The normalized spacial score (nSPS) is 11.4. The summed E-state index contributed by atoms with van der Waals surface area (Å²) in [5.74, 6) is 0. The molecule has 1 aromatic heterocycles. The van der Waals surface area contributed by atoms with Crippen LogP contribution < -0.4 is 4.90 Å². The highest BCUT2D eigenvalue weighted by atomic mass is 19.4. The van der Waals surface area contributed by atoms with Crippen molar-refractivity contribution in [3.8, 4) is 17.2 Å². The third-order valence-electron chi connectivity index (χ3n) is 5.35. The molecule has 0 fully saturated rings. The molecular formula is C23H23F3N4. The Morgan fingerprint density at radius 3 is 2.33 bits per heavy atom. The largest absolute Gasteiger partial charge is 0.417 e. The van der Waals surface area contributed by atoms with Crippen molar-refractivity contribution in [3.05, 3.63) is 64.5 Å². The second-order valence-electron chi connectivity index (χ2n) is 7.25. The van der Waals surface area contributed by atoms with Crippen LogP contribution in [-0.2, 0) is 13.2 Å². The molecule has 7 heteroatoms. The van der Waals surface area contributed by atoms with Crippen molar-refractivity contribution in [1.29, 1.82) is 5.26 Å². The highest BCUT2D eigenvalue weighted by Crippen LogP contribution is 2.38. The molecule has 0 aliphatic rings. The zero-order valence-electron chi connectivity index (χ0n) is 17.6. The molecule has 0 aliphatic carbocycles. The van der Waals surface area contributed by atoms with Crippen molar-refractivity contribution in [3.63, 3.8) is 0 Å². The van der Waals surface area contributed by atoms with Gasteiger partial charge < -0.3 is 4.90 Å². The summed E-state index contributed by atoms with van der Waals surface area (Å²) in [5, 5.41) is 13.5. The number of nitriles is 1. The maximum absolute atomic E-state index is 13.5. The molecule has 0 unspecified atom stereocenters. The number of hydrogen-bond donors (Lipinski definition) is 0. The predicted molar refractivity (Wildman–Crippen MR) is 112 cm³/mol. The van der Waals surface area contributed by atoms with E-state index >= 15 is 0 Å². The summed E-state index contributed by atoms with van der Waals surface area (Å²) in [4.78, 5) is 1.83. The molecule has 156 valence electrons. The molecule has 0 spiro atoms. The van der Waals surface area contributed by atoms with E-state index in [0.29, 0.717) is 12.2 Å². The monoisotopic (exact) mass is 412 g/mol. The molecule has 0 amide bonds. The van der Waals surface area contributed by atoms with E-state index in [1.54, 1.807) is 12.1 Å². The molecule has 1 heterocycles. The summed E-state index contributed by atoms with van der Waals surface area (Å²) < 4.78 is 42.2. The van der Waals surface area contributed by atoms with Crippen LogP contribution in [-0.4, -0.2) is 16.3 Å². The van der Waals surface area contributed by atoms with E-state index in [4.69, 9.17) is 5.26 Å². The Bertz CT molecular complexity index is 1140. The van der Waals surface area contributed by atoms with Gasteiger partial charge in [-0.3, -0.25) is 4.68 Å². The lowest BCUT2D eigenvalue weighted by molar-refractivity contribution is -0.137.